The second kappa shape index (κ2) is 3.06. The molecule has 0 fully saturated rings. The van der Waals surface area contributed by atoms with E-state index in [1.54, 1.807) is 10.5 Å². The minimum Gasteiger partial charge on any atom is -0.291 e. The summed E-state index contributed by atoms with van der Waals surface area (Å²) in [6, 6.07) is 1.54. The van der Waals surface area contributed by atoms with Gasteiger partial charge in [-0.05, 0) is 18.1 Å². The summed E-state index contributed by atoms with van der Waals surface area (Å²) in [5.41, 5.74) is 0.706. The molecule has 0 saturated heterocycles. The van der Waals surface area contributed by atoms with E-state index in [1.165, 1.54) is 0 Å². The molecule has 2 N–H and O–H groups in total. The highest BCUT2D eigenvalue weighted by Crippen LogP contribution is 2.12. The zero-order valence-electron chi connectivity index (χ0n) is 7.87. The van der Waals surface area contributed by atoms with E-state index in [4.69, 9.17) is 12.2 Å². The van der Waals surface area contributed by atoms with Crippen LogP contribution in [0.25, 0.3) is 5.78 Å². The SMILES string of the molecule is CC(C)c1cc(=O)[nH]c2n[nH]c(=S)n12. The predicted octanol–water partition coefficient (Wildman–Crippen LogP) is 1.20. The minimum absolute atomic E-state index is 0.157. The van der Waals surface area contributed by atoms with Crippen LogP contribution in [0, 0.1) is 4.77 Å². The maximum Gasteiger partial charge on any atom is 0.252 e. The highest BCUT2D eigenvalue weighted by molar-refractivity contribution is 7.71. The molecular formula is C8H10N4OS. The Bertz CT molecular complexity index is 577. The van der Waals surface area contributed by atoms with Gasteiger partial charge in [-0.2, -0.15) is 0 Å². The number of aromatic nitrogens is 4. The van der Waals surface area contributed by atoms with Crippen molar-refractivity contribution in [2.24, 2.45) is 0 Å². The van der Waals surface area contributed by atoms with Crippen LogP contribution in [0.15, 0.2) is 10.9 Å². The van der Waals surface area contributed by atoms with Crippen LogP contribution in [0.5, 0.6) is 0 Å². The molecule has 5 nitrogen and oxygen atoms in total. The van der Waals surface area contributed by atoms with Gasteiger partial charge in [0.25, 0.3) is 5.56 Å². The molecular weight excluding hydrogens is 200 g/mol. The smallest absolute Gasteiger partial charge is 0.252 e. The van der Waals surface area contributed by atoms with Crippen molar-refractivity contribution in [1.82, 2.24) is 19.6 Å². The van der Waals surface area contributed by atoms with Crippen molar-refractivity contribution in [3.63, 3.8) is 0 Å². The number of fused-ring (bicyclic) bond motifs is 1. The van der Waals surface area contributed by atoms with Crippen LogP contribution < -0.4 is 5.56 Å². The largest absolute Gasteiger partial charge is 0.291 e. The number of hydrogen-bond acceptors (Lipinski definition) is 3. The second-order valence-electron chi connectivity index (χ2n) is 3.40. The second-order valence-corrected chi connectivity index (χ2v) is 3.79. The highest BCUT2D eigenvalue weighted by Gasteiger charge is 2.08. The zero-order chi connectivity index (χ0) is 10.3. The lowest BCUT2D eigenvalue weighted by molar-refractivity contribution is 0.784. The molecule has 0 aromatic carbocycles. The van der Waals surface area contributed by atoms with E-state index in [9.17, 15) is 4.79 Å². The summed E-state index contributed by atoms with van der Waals surface area (Å²) in [6.45, 7) is 4.01. The number of nitrogens with one attached hydrogen (secondary N) is 2. The van der Waals surface area contributed by atoms with Crippen LogP contribution in [0.1, 0.15) is 25.5 Å². The first-order chi connectivity index (χ1) is 6.59. The van der Waals surface area contributed by atoms with Gasteiger partial charge in [-0.3, -0.25) is 14.2 Å². The molecule has 2 aromatic heterocycles. The topological polar surface area (TPSA) is 66.0 Å². The van der Waals surface area contributed by atoms with Crippen LogP contribution in [-0.2, 0) is 0 Å². The number of rotatable bonds is 1. The Kier molecular flexibility index (Phi) is 1.99. The molecule has 0 spiro atoms. The summed E-state index contributed by atoms with van der Waals surface area (Å²) in [7, 11) is 0. The highest BCUT2D eigenvalue weighted by atomic mass is 32.1. The van der Waals surface area contributed by atoms with Crippen LogP contribution in [0.3, 0.4) is 0 Å². The van der Waals surface area contributed by atoms with Gasteiger partial charge in [-0.25, -0.2) is 5.10 Å². The molecule has 0 aliphatic carbocycles. The maximum absolute atomic E-state index is 11.3. The third kappa shape index (κ3) is 1.27. The van der Waals surface area contributed by atoms with Gasteiger partial charge in [0, 0.05) is 11.8 Å². The third-order valence-corrected chi connectivity index (χ3v) is 2.31. The lowest BCUT2D eigenvalue weighted by Crippen LogP contribution is -2.12. The predicted molar refractivity (Wildman–Crippen MR) is 55.1 cm³/mol. The van der Waals surface area contributed by atoms with Crippen LogP contribution in [-0.4, -0.2) is 19.6 Å². The molecule has 0 saturated carbocycles. The summed E-state index contributed by atoms with van der Waals surface area (Å²) in [6.07, 6.45) is 0. The fraction of sp³-hybridized carbons (Fsp3) is 0.375. The Hall–Kier alpha value is -1.43. The Labute approximate surface area is 84.8 Å². The molecule has 0 radical (unpaired) electrons. The molecule has 2 rings (SSSR count). The van der Waals surface area contributed by atoms with E-state index >= 15 is 0 Å². The first-order valence-corrected chi connectivity index (χ1v) is 4.71. The Balaban J connectivity index is 2.98. The molecule has 0 bridgehead atoms. The van der Waals surface area contributed by atoms with Crippen molar-refractivity contribution in [3.05, 3.63) is 26.9 Å². The molecule has 2 heterocycles. The van der Waals surface area contributed by atoms with Crippen molar-refractivity contribution in [1.29, 1.82) is 0 Å². The Morgan fingerprint density at radius 3 is 2.93 bits per heavy atom. The lowest BCUT2D eigenvalue weighted by atomic mass is 10.1. The third-order valence-electron chi connectivity index (χ3n) is 2.04. The average molecular weight is 210 g/mol. The summed E-state index contributed by atoms with van der Waals surface area (Å²) < 4.78 is 2.24. The molecule has 74 valence electrons. The Morgan fingerprint density at radius 2 is 2.29 bits per heavy atom. The lowest BCUT2D eigenvalue weighted by Gasteiger charge is -2.06. The van der Waals surface area contributed by atoms with Crippen molar-refractivity contribution >= 4 is 18.0 Å². The standard InChI is InChI=1S/C8H10N4OS/c1-4(2)5-3-6(13)9-7-10-11-8(14)12(5)7/h3-4H,1-2H3,(H,11,14)(H,9,10,13). The fourth-order valence-corrected chi connectivity index (χ4v) is 1.63. The van der Waals surface area contributed by atoms with Gasteiger partial charge in [0.2, 0.25) is 10.5 Å². The summed E-state index contributed by atoms with van der Waals surface area (Å²) in [5, 5.41) is 6.56. The molecule has 0 aliphatic rings. The average Bonchev–Trinajstić information content (AvgIpc) is 2.46. The van der Waals surface area contributed by atoms with Gasteiger partial charge in [-0.1, -0.05) is 13.8 Å². The molecule has 2 aromatic rings. The van der Waals surface area contributed by atoms with Gasteiger partial charge in [0.15, 0.2) is 0 Å². The van der Waals surface area contributed by atoms with Gasteiger partial charge >= 0.3 is 0 Å². The number of hydrogen-bond donors (Lipinski definition) is 2. The van der Waals surface area contributed by atoms with E-state index in [0.717, 1.165) is 5.69 Å². The zero-order valence-corrected chi connectivity index (χ0v) is 8.68. The maximum atomic E-state index is 11.3. The normalized spacial score (nSPS) is 11.4. The Morgan fingerprint density at radius 1 is 1.57 bits per heavy atom. The van der Waals surface area contributed by atoms with E-state index in [1.807, 2.05) is 13.8 Å². The monoisotopic (exact) mass is 210 g/mol. The first kappa shape index (κ1) is 9.14. The van der Waals surface area contributed by atoms with Crippen LogP contribution in [0.4, 0.5) is 0 Å². The van der Waals surface area contributed by atoms with Gasteiger partial charge in [0.05, 0.1) is 0 Å². The molecule has 0 atom stereocenters. The molecule has 0 amide bonds. The summed E-state index contributed by atoms with van der Waals surface area (Å²) >= 11 is 5.06. The minimum atomic E-state index is -0.157. The number of aromatic amines is 2. The van der Waals surface area contributed by atoms with Crippen molar-refractivity contribution in [3.8, 4) is 0 Å². The molecule has 6 heteroatoms. The summed E-state index contributed by atoms with van der Waals surface area (Å²) in [5.74, 6) is 0.690. The van der Waals surface area contributed by atoms with Crippen LogP contribution in [0.2, 0.25) is 0 Å². The van der Waals surface area contributed by atoms with E-state index < -0.39 is 0 Å². The van der Waals surface area contributed by atoms with Crippen LogP contribution >= 0.6 is 12.2 Å². The van der Waals surface area contributed by atoms with E-state index in [0.29, 0.717) is 10.5 Å². The van der Waals surface area contributed by atoms with E-state index in [2.05, 4.69) is 15.2 Å². The van der Waals surface area contributed by atoms with Crippen molar-refractivity contribution in [2.75, 3.05) is 0 Å². The van der Waals surface area contributed by atoms with Crippen molar-refractivity contribution in [2.45, 2.75) is 19.8 Å². The fourth-order valence-electron chi connectivity index (χ4n) is 1.39. The van der Waals surface area contributed by atoms with Crippen molar-refractivity contribution < 1.29 is 0 Å². The van der Waals surface area contributed by atoms with Gasteiger partial charge < -0.3 is 0 Å². The van der Waals surface area contributed by atoms with Gasteiger partial charge in [-0.15, -0.1) is 5.10 Å². The van der Waals surface area contributed by atoms with E-state index in [-0.39, 0.29) is 11.5 Å². The molecule has 14 heavy (non-hydrogen) atoms. The van der Waals surface area contributed by atoms with Gasteiger partial charge in [0.1, 0.15) is 0 Å². The summed E-state index contributed by atoms with van der Waals surface area (Å²) in [4.78, 5) is 13.9. The number of nitrogens with zero attached hydrogens (tertiary/aromatic N) is 2. The molecule has 0 unspecified atom stereocenters. The molecule has 0 aliphatic heterocycles. The quantitative estimate of drug-likeness (QED) is 0.695. The first-order valence-electron chi connectivity index (χ1n) is 4.30. The number of H-pyrrole nitrogens is 2.